The zero-order chi connectivity index (χ0) is 13.0. The summed E-state index contributed by atoms with van der Waals surface area (Å²) in [5.74, 6) is -1.49. The molecule has 0 aliphatic heterocycles. The van der Waals surface area contributed by atoms with E-state index in [4.69, 9.17) is 5.26 Å². The van der Waals surface area contributed by atoms with Gasteiger partial charge in [0.25, 0.3) is 6.43 Å². The molecule has 0 atom stereocenters. The van der Waals surface area contributed by atoms with Gasteiger partial charge in [-0.25, -0.2) is 13.6 Å². The Morgan fingerprint density at radius 2 is 2.24 bits per heavy atom. The zero-order valence-electron chi connectivity index (χ0n) is 8.91. The van der Waals surface area contributed by atoms with Gasteiger partial charge in [-0.1, -0.05) is 0 Å². The van der Waals surface area contributed by atoms with Crippen LogP contribution in [0.2, 0.25) is 0 Å². The molecule has 1 aromatic carbocycles. The predicted octanol–water partition coefficient (Wildman–Crippen LogP) is 2.38. The zero-order valence-corrected chi connectivity index (χ0v) is 8.91. The Balaban J connectivity index is 3.28. The van der Waals surface area contributed by atoms with Crippen LogP contribution in [0.4, 0.5) is 8.78 Å². The lowest BCUT2D eigenvalue weighted by Crippen LogP contribution is -2.06. The topological polar surface area (TPSA) is 70.3 Å². The molecule has 0 fully saturated rings. The van der Waals surface area contributed by atoms with Crippen molar-refractivity contribution in [2.24, 2.45) is 0 Å². The van der Waals surface area contributed by atoms with Crippen LogP contribution < -0.4 is 0 Å². The molecule has 1 N–H and O–H groups in total. The largest absolute Gasteiger partial charge is 0.507 e. The maximum absolute atomic E-state index is 12.5. The first-order valence-corrected chi connectivity index (χ1v) is 4.73. The predicted molar refractivity (Wildman–Crippen MR) is 53.7 cm³/mol. The number of rotatable bonds is 3. The van der Waals surface area contributed by atoms with E-state index in [1.54, 1.807) is 13.0 Å². The number of ether oxygens (including phenoxy) is 1. The molecule has 4 nitrogen and oxygen atoms in total. The Labute approximate surface area is 96.0 Å². The third kappa shape index (κ3) is 2.69. The number of benzene rings is 1. The van der Waals surface area contributed by atoms with E-state index in [0.29, 0.717) is 6.07 Å². The highest BCUT2D eigenvalue weighted by Gasteiger charge is 2.20. The van der Waals surface area contributed by atoms with E-state index in [1.165, 1.54) is 0 Å². The van der Waals surface area contributed by atoms with Crippen molar-refractivity contribution < 1.29 is 23.4 Å². The number of carbonyl (C=O) groups is 1. The van der Waals surface area contributed by atoms with Gasteiger partial charge in [0, 0.05) is 5.56 Å². The Morgan fingerprint density at radius 1 is 1.59 bits per heavy atom. The van der Waals surface area contributed by atoms with Gasteiger partial charge in [0.15, 0.2) is 0 Å². The number of esters is 1. The fourth-order valence-electron chi connectivity index (χ4n) is 1.25. The highest BCUT2D eigenvalue weighted by molar-refractivity contribution is 5.93. The quantitative estimate of drug-likeness (QED) is 0.825. The first kappa shape index (κ1) is 12.9. The number of hydrogen-bond acceptors (Lipinski definition) is 4. The van der Waals surface area contributed by atoms with Crippen molar-refractivity contribution in [1.29, 1.82) is 5.26 Å². The van der Waals surface area contributed by atoms with Crippen LogP contribution in [0.5, 0.6) is 5.75 Å². The third-order valence-electron chi connectivity index (χ3n) is 2.02. The maximum atomic E-state index is 12.5. The highest BCUT2D eigenvalue weighted by Crippen LogP contribution is 2.29. The lowest BCUT2D eigenvalue weighted by Gasteiger charge is -2.08. The van der Waals surface area contributed by atoms with Gasteiger partial charge in [0.2, 0.25) is 0 Å². The Hall–Kier alpha value is -2.16. The number of phenols is 1. The van der Waals surface area contributed by atoms with E-state index in [-0.39, 0.29) is 17.7 Å². The molecule has 90 valence electrons. The molecule has 0 saturated carbocycles. The fourth-order valence-corrected chi connectivity index (χ4v) is 1.25. The molecule has 1 rings (SSSR count). The number of alkyl halides is 2. The smallest absolute Gasteiger partial charge is 0.341 e. The van der Waals surface area contributed by atoms with Crippen molar-refractivity contribution in [2.75, 3.05) is 6.61 Å². The number of halogens is 2. The average molecular weight is 241 g/mol. The molecule has 0 saturated heterocycles. The van der Waals surface area contributed by atoms with Crippen molar-refractivity contribution in [3.8, 4) is 11.8 Å². The number of nitriles is 1. The summed E-state index contributed by atoms with van der Waals surface area (Å²) >= 11 is 0. The average Bonchev–Trinajstić information content (AvgIpc) is 2.28. The van der Waals surface area contributed by atoms with Gasteiger partial charge in [-0.3, -0.25) is 0 Å². The van der Waals surface area contributed by atoms with Crippen molar-refractivity contribution in [2.45, 2.75) is 13.3 Å². The second-order valence-electron chi connectivity index (χ2n) is 3.09. The van der Waals surface area contributed by atoms with Gasteiger partial charge >= 0.3 is 5.97 Å². The van der Waals surface area contributed by atoms with Crippen molar-refractivity contribution in [3.63, 3.8) is 0 Å². The molecule has 0 unspecified atom stereocenters. The molecule has 0 aliphatic carbocycles. The lowest BCUT2D eigenvalue weighted by molar-refractivity contribution is 0.0522. The number of hydrogen-bond donors (Lipinski definition) is 1. The number of carbonyl (C=O) groups excluding carboxylic acids is 1. The second-order valence-corrected chi connectivity index (χ2v) is 3.09. The van der Waals surface area contributed by atoms with Crippen LogP contribution in [0.25, 0.3) is 0 Å². The van der Waals surface area contributed by atoms with Crippen LogP contribution in [0, 0.1) is 11.3 Å². The van der Waals surface area contributed by atoms with Gasteiger partial charge < -0.3 is 9.84 Å². The molecule has 0 aliphatic rings. The van der Waals surface area contributed by atoms with Gasteiger partial charge in [-0.15, -0.1) is 0 Å². The molecule has 6 heteroatoms. The van der Waals surface area contributed by atoms with E-state index in [2.05, 4.69) is 4.74 Å². The minimum Gasteiger partial charge on any atom is -0.507 e. The van der Waals surface area contributed by atoms with Gasteiger partial charge in [0.05, 0.1) is 18.2 Å². The van der Waals surface area contributed by atoms with E-state index in [1.807, 2.05) is 0 Å². The molecule has 0 heterocycles. The van der Waals surface area contributed by atoms with Crippen LogP contribution in [0.1, 0.15) is 34.8 Å². The summed E-state index contributed by atoms with van der Waals surface area (Å²) in [5.41, 5.74) is -1.27. The summed E-state index contributed by atoms with van der Waals surface area (Å²) in [6.45, 7) is 1.64. The minimum atomic E-state index is -2.90. The van der Waals surface area contributed by atoms with E-state index in [0.717, 1.165) is 6.07 Å². The fraction of sp³-hybridized carbons (Fsp3) is 0.273. The monoisotopic (exact) mass is 241 g/mol. The first-order chi connectivity index (χ1) is 8.01. The van der Waals surface area contributed by atoms with Gasteiger partial charge in [-0.05, 0) is 19.1 Å². The number of nitrogens with zero attached hydrogens (tertiary/aromatic N) is 1. The SMILES string of the molecule is CCOC(=O)c1cc(C#N)c(C(F)F)cc1O. The Kier molecular flexibility index (Phi) is 3.99. The van der Waals surface area contributed by atoms with E-state index < -0.39 is 23.7 Å². The normalized spacial score (nSPS) is 10.1. The third-order valence-corrected chi connectivity index (χ3v) is 2.02. The first-order valence-electron chi connectivity index (χ1n) is 4.73. The molecule has 17 heavy (non-hydrogen) atoms. The van der Waals surface area contributed by atoms with E-state index >= 15 is 0 Å². The standard InChI is InChI=1S/C11H9F2NO3/c1-2-17-11(16)8-3-6(5-14)7(10(12)13)4-9(8)15/h3-4,10,15H,2H2,1H3. The molecule has 0 spiro atoms. The van der Waals surface area contributed by atoms with Crippen LogP contribution >= 0.6 is 0 Å². The molecule has 0 radical (unpaired) electrons. The number of aromatic hydroxyl groups is 1. The van der Waals surface area contributed by atoms with E-state index in [9.17, 15) is 18.7 Å². The molecule has 0 bridgehead atoms. The van der Waals surface area contributed by atoms with Gasteiger partial charge in [0.1, 0.15) is 11.3 Å². The second kappa shape index (κ2) is 5.25. The molecular formula is C11H9F2NO3. The molecule has 0 amide bonds. The maximum Gasteiger partial charge on any atom is 0.341 e. The van der Waals surface area contributed by atoms with Crippen molar-refractivity contribution >= 4 is 5.97 Å². The van der Waals surface area contributed by atoms with Crippen LogP contribution in [0.15, 0.2) is 12.1 Å². The lowest BCUT2D eigenvalue weighted by atomic mass is 10.0. The molecule has 1 aromatic rings. The summed E-state index contributed by atoms with van der Waals surface area (Å²) in [5, 5.41) is 18.1. The molecule has 0 aromatic heterocycles. The number of phenolic OH excluding ortho intramolecular Hbond substituents is 1. The summed E-state index contributed by atoms with van der Waals surface area (Å²) in [6, 6.07) is 3.14. The van der Waals surface area contributed by atoms with Crippen LogP contribution in [-0.2, 0) is 4.74 Å². The van der Waals surface area contributed by atoms with Crippen LogP contribution in [-0.4, -0.2) is 17.7 Å². The summed E-state index contributed by atoms with van der Waals surface area (Å²) in [7, 11) is 0. The molecular weight excluding hydrogens is 232 g/mol. The summed E-state index contributed by atoms with van der Waals surface area (Å²) in [6.07, 6.45) is -2.90. The van der Waals surface area contributed by atoms with Crippen LogP contribution in [0.3, 0.4) is 0 Å². The van der Waals surface area contributed by atoms with Crippen molar-refractivity contribution in [1.82, 2.24) is 0 Å². The summed E-state index contributed by atoms with van der Waals surface area (Å²) < 4.78 is 29.6. The Bertz CT molecular complexity index is 480. The summed E-state index contributed by atoms with van der Waals surface area (Å²) in [4.78, 5) is 11.3. The van der Waals surface area contributed by atoms with Crippen molar-refractivity contribution in [3.05, 3.63) is 28.8 Å². The van der Waals surface area contributed by atoms with Gasteiger partial charge in [-0.2, -0.15) is 5.26 Å². The Morgan fingerprint density at radius 3 is 2.71 bits per heavy atom. The minimum absolute atomic E-state index is 0.0801. The highest BCUT2D eigenvalue weighted by atomic mass is 19.3.